The van der Waals surface area contributed by atoms with E-state index in [1.54, 1.807) is 0 Å². The standard InChI is InChI=1S/C25H34O/c1-4-7-8-9-13-18-23-21(5-2)22(6-3)25(26)24(23)19-14-17-20-15-11-10-12-16-20/h10-12,14-18,24H,4-9,13,19H2,1-3H3/b17-14+,23-18-. The molecule has 1 aliphatic carbocycles. The number of ketones is 1. The zero-order chi connectivity index (χ0) is 18.8. The summed E-state index contributed by atoms with van der Waals surface area (Å²) in [5.41, 5.74) is 4.92. The molecule has 1 heteroatoms. The molecule has 0 saturated heterocycles. The Morgan fingerprint density at radius 3 is 2.31 bits per heavy atom. The van der Waals surface area contributed by atoms with Crippen molar-refractivity contribution in [2.24, 2.45) is 5.92 Å². The van der Waals surface area contributed by atoms with Gasteiger partial charge < -0.3 is 0 Å². The fraction of sp³-hybridized carbons (Fsp3) is 0.480. The Hall–Kier alpha value is -1.89. The summed E-state index contributed by atoms with van der Waals surface area (Å²) < 4.78 is 0. The molecular formula is C25H34O. The molecule has 0 N–H and O–H groups in total. The second-order valence-electron chi connectivity index (χ2n) is 7.14. The Bertz CT molecular complexity index is 661. The minimum absolute atomic E-state index is 0.0334. The molecular weight excluding hydrogens is 316 g/mol. The van der Waals surface area contributed by atoms with Gasteiger partial charge in [-0.15, -0.1) is 0 Å². The highest BCUT2D eigenvalue weighted by atomic mass is 16.1. The molecule has 0 fully saturated rings. The van der Waals surface area contributed by atoms with E-state index in [0.29, 0.717) is 5.78 Å². The second-order valence-corrected chi connectivity index (χ2v) is 7.14. The summed E-state index contributed by atoms with van der Waals surface area (Å²) in [5.74, 6) is 0.396. The van der Waals surface area contributed by atoms with Crippen LogP contribution in [0.4, 0.5) is 0 Å². The first kappa shape index (κ1) is 20.4. The summed E-state index contributed by atoms with van der Waals surface area (Å²) in [6.45, 7) is 6.55. The van der Waals surface area contributed by atoms with Gasteiger partial charge in [0.1, 0.15) is 0 Å². The zero-order valence-electron chi connectivity index (χ0n) is 16.8. The molecule has 1 aliphatic rings. The molecule has 0 heterocycles. The lowest BCUT2D eigenvalue weighted by atomic mass is 9.91. The third-order valence-electron chi connectivity index (χ3n) is 5.31. The van der Waals surface area contributed by atoms with Crippen LogP contribution in [0.25, 0.3) is 6.08 Å². The van der Waals surface area contributed by atoms with E-state index in [1.165, 1.54) is 42.4 Å². The molecule has 1 atom stereocenters. The number of allylic oxidation sites excluding steroid dienone is 5. The molecule has 140 valence electrons. The summed E-state index contributed by atoms with van der Waals surface area (Å²) in [7, 11) is 0. The summed E-state index contributed by atoms with van der Waals surface area (Å²) in [5, 5.41) is 0. The second kappa shape index (κ2) is 11.0. The number of rotatable bonds is 10. The molecule has 1 aromatic carbocycles. The van der Waals surface area contributed by atoms with Crippen LogP contribution in [0.2, 0.25) is 0 Å². The van der Waals surface area contributed by atoms with Gasteiger partial charge in [-0.05, 0) is 54.4 Å². The Balaban J connectivity index is 2.12. The van der Waals surface area contributed by atoms with Crippen LogP contribution in [-0.2, 0) is 4.79 Å². The summed E-state index contributed by atoms with van der Waals surface area (Å²) in [6.07, 6.45) is 15.5. The monoisotopic (exact) mass is 350 g/mol. The van der Waals surface area contributed by atoms with Crippen LogP contribution < -0.4 is 0 Å². The van der Waals surface area contributed by atoms with Crippen LogP contribution in [0.15, 0.2) is 59.2 Å². The first-order valence-corrected chi connectivity index (χ1v) is 10.4. The summed E-state index contributed by atoms with van der Waals surface area (Å²) in [4.78, 5) is 13.0. The molecule has 1 unspecified atom stereocenters. The van der Waals surface area contributed by atoms with Crippen LogP contribution in [0.3, 0.4) is 0 Å². The van der Waals surface area contributed by atoms with Crippen molar-refractivity contribution in [3.8, 4) is 0 Å². The fourth-order valence-electron chi connectivity index (χ4n) is 3.92. The predicted octanol–water partition coefficient (Wildman–Crippen LogP) is 7.30. The van der Waals surface area contributed by atoms with Crippen LogP contribution in [0.1, 0.15) is 77.7 Å². The van der Waals surface area contributed by atoms with Crippen LogP contribution in [0.5, 0.6) is 0 Å². The fourth-order valence-corrected chi connectivity index (χ4v) is 3.92. The number of benzene rings is 1. The van der Waals surface area contributed by atoms with Gasteiger partial charge in [0, 0.05) is 0 Å². The van der Waals surface area contributed by atoms with Gasteiger partial charge in [0.25, 0.3) is 0 Å². The van der Waals surface area contributed by atoms with Crippen molar-refractivity contribution in [2.75, 3.05) is 0 Å². The van der Waals surface area contributed by atoms with E-state index < -0.39 is 0 Å². The van der Waals surface area contributed by atoms with Gasteiger partial charge in [0.05, 0.1) is 5.92 Å². The van der Waals surface area contributed by atoms with E-state index >= 15 is 0 Å². The lowest BCUT2D eigenvalue weighted by Gasteiger charge is -2.12. The Kier molecular flexibility index (Phi) is 8.61. The van der Waals surface area contributed by atoms with Crippen molar-refractivity contribution < 1.29 is 4.79 Å². The molecule has 0 bridgehead atoms. The number of hydrogen-bond donors (Lipinski definition) is 0. The van der Waals surface area contributed by atoms with Gasteiger partial charge >= 0.3 is 0 Å². The topological polar surface area (TPSA) is 17.1 Å². The molecule has 2 rings (SSSR count). The molecule has 0 spiro atoms. The van der Waals surface area contributed by atoms with E-state index in [1.807, 2.05) is 18.2 Å². The average Bonchev–Trinajstić information content (AvgIpc) is 2.93. The van der Waals surface area contributed by atoms with Crippen molar-refractivity contribution in [2.45, 2.75) is 72.1 Å². The van der Waals surface area contributed by atoms with Crippen LogP contribution in [-0.4, -0.2) is 5.78 Å². The lowest BCUT2D eigenvalue weighted by Crippen LogP contribution is -2.11. The summed E-state index contributed by atoms with van der Waals surface area (Å²) >= 11 is 0. The van der Waals surface area contributed by atoms with E-state index in [-0.39, 0.29) is 5.92 Å². The predicted molar refractivity (Wildman–Crippen MR) is 113 cm³/mol. The Labute approximate surface area is 159 Å². The number of hydrogen-bond acceptors (Lipinski definition) is 1. The average molecular weight is 351 g/mol. The van der Waals surface area contributed by atoms with Gasteiger partial charge in [-0.2, -0.15) is 0 Å². The van der Waals surface area contributed by atoms with E-state index in [0.717, 1.165) is 31.3 Å². The molecule has 0 aromatic heterocycles. The third kappa shape index (κ3) is 5.30. The maximum Gasteiger partial charge on any atom is 0.166 e. The molecule has 0 aliphatic heterocycles. The maximum absolute atomic E-state index is 13.0. The third-order valence-corrected chi connectivity index (χ3v) is 5.31. The normalized spacial score (nSPS) is 19.3. The molecule has 0 radical (unpaired) electrons. The highest BCUT2D eigenvalue weighted by Crippen LogP contribution is 2.39. The van der Waals surface area contributed by atoms with Crippen molar-refractivity contribution in [1.29, 1.82) is 0 Å². The minimum atomic E-state index is 0.0334. The van der Waals surface area contributed by atoms with E-state index in [9.17, 15) is 4.79 Å². The largest absolute Gasteiger partial charge is 0.294 e. The molecule has 0 amide bonds. The van der Waals surface area contributed by atoms with Gasteiger partial charge in [0.15, 0.2) is 5.78 Å². The van der Waals surface area contributed by atoms with E-state index in [2.05, 4.69) is 51.1 Å². The number of carbonyl (C=O) groups is 1. The smallest absolute Gasteiger partial charge is 0.166 e. The van der Waals surface area contributed by atoms with Gasteiger partial charge in [-0.3, -0.25) is 4.79 Å². The van der Waals surface area contributed by atoms with Gasteiger partial charge in [-0.25, -0.2) is 0 Å². The quantitative estimate of drug-likeness (QED) is 0.404. The van der Waals surface area contributed by atoms with Gasteiger partial charge in [-0.1, -0.05) is 88.6 Å². The first-order chi connectivity index (χ1) is 12.7. The van der Waals surface area contributed by atoms with Crippen LogP contribution >= 0.6 is 0 Å². The SMILES string of the molecule is CCCCCC/C=C1/C(CC)=C(CC)C(=O)C1C/C=C/c1ccccc1. The number of unbranched alkanes of at least 4 members (excludes halogenated alkanes) is 4. The van der Waals surface area contributed by atoms with Crippen molar-refractivity contribution in [3.63, 3.8) is 0 Å². The van der Waals surface area contributed by atoms with E-state index in [4.69, 9.17) is 0 Å². The maximum atomic E-state index is 13.0. The highest BCUT2D eigenvalue weighted by Gasteiger charge is 2.34. The van der Waals surface area contributed by atoms with Crippen molar-refractivity contribution >= 4 is 11.9 Å². The number of carbonyl (C=O) groups excluding carboxylic acids is 1. The lowest BCUT2D eigenvalue weighted by molar-refractivity contribution is -0.117. The van der Waals surface area contributed by atoms with Crippen LogP contribution in [0, 0.1) is 5.92 Å². The van der Waals surface area contributed by atoms with Gasteiger partial charge in [0.2, 0.25) is 0 Å². The first-order valence-electron chi connectivity index (χ1n) is 10.4. The summed E-state index contributed by atoms with van der Waals surface area (Å²) in [6, 6.07) is 10.3. The van der Waals surface area contributed by atoms with Crippen molar-refractivity contribution in [1.82, 2.24) is 0 Å². The highest BCUT2D eigenvalue weighted by molar-refractivity contribution is 6.04. The van der Waals surface area contributed by atoms with Crippen molar-refractivity contribution in [3.05, 3.63) is 64.8 Å². The Morgan fingerprint density at radius 1 is 0.923 bits per heavy atom. The molecule has 1 nitrogen and oxygen atoms in total. The minimum Gasteiger partial charge on any atom is -0.294 e. The number of Topliss-reactive ketones (excluding diaryl/α,β-unsaturated/α-hetero) is 1. The Morgan fingerprint density at radius 2 is 1.65 bits per heavy atom. The molecule has 1 aromatic rings. The molecule has 26 heavy (non-hydrogen) atoms. The molecule has 0 saturated carbocycles. The zero-order valence-corrected chi connectivity index (χ0v) is 16.8.